The van der Waals surface area contributed by atoms with Crippen molar-refractivity contribution >= 4 is 11.8 Å². The second kappa shape index (κ2) is 7.73. The molecular formula is C18H25NO2. The van der Waals surface area contributed by atoms with Crippen LogP contribution in [-0.2, 0) is 4.74 Å². The van der Waals surface area contributed by atoms with Crippen LogP contribution in [0.1, 0.15) is 58.1 Å². The van der Waals surface area contributed by atoms with E-state index in [-0.39, 0.29) is 0 Å². The zero-order valence-electron chi connectivity index (χ0n) is 13.7. The van der Waals surface area contributed by atoms with Gasteiger partial charge in [0, 0.05) is 12.0 Å². The number of ether oxygens (including phenoxy) is 1. The predicted octanol–water partition coefficient (Wildman–Crippen LogP) is 4.88. The molecule has 21 heavy (non-hydrogen) atoms. The van der Waals surface area contributed by atoms with E-state index in [1.54, 1.807) is 0 Å². The largest absolute Gasteiger partial charge is 0.444 e. The molecule has 0 aromatic heterocycles. The van der Waals surface area contributed by atoms with Crippen molar-refractivity contribution in [2.45, 2.75) is 59.5 Å². The van der Waals surface area contributed by atoms with Gasteiger partial charge < -0.3 is 4.74 Å². The van der Waals surface area contributed by atoms with E-state index in [0.29, 0.717) is 5.69 Å². The van der Waals surface area contributed by atoms with Gasteiger partial charge in [0.05, 0.1) is 5.69 Å². The van der Waals surface area contributed by atoms with E-state index in [4.69, 9.17) is 4.74 Å². The topological polar surface area (TPSA) is 38.3 Å². The monoisotopic (exact) mass is 287 g/mol. The van der Waals surface area contributed by atoms with Crippen molar-refractivity contribution in [3.63, 3.8) is 0 Å². The molecule has 0 unspecified atom stereocenters. The second-order valence-electron chi connectivity index (χ2n) is 6.08. The first-order valence-electron chi connectivity index (χ1n) is 7.41. The fourth-order valence-corrected chi connectivity index (χ4v) is 1.71. The van der Waals surface area contributed by atoms with Crippen molar-refractivity contribution < 1.29 is 9.53 Å². The lowest BCUT2D eigenvalue weighted by Crippen LogP contribution is -2.27. The third-order valence-electron chi connectivity index (χ3n) is 2.69. The second-order valence-corrected chi connectivity index (χ2v) is 6.08. The summed E-state index contributed by atoms with van der Waals surface area (Å²) in [5, 5.41) is 2.77. The van der Waals surface area contributed by atoms with Gasteiger partial charge in [0.2, 0.25) is 0 Å². The van der Waals surface area contributed by atoms with Crippen LogP contribution in [-0.4, -0.2) is 11.7 Å². The summed E-state index contributed by atoms with van der Waals surface area (Å²) in [5.41, 5.74) is 2.13. The van der Waals surface area contributed by atoms with E-state index in [9.17, 15) is 4.79 Å². The Morgan fingerprint density at radius 1 is 1.33 bits per heavy atom. The molecule has 0 aliphatic rings. The van der Waals surface area contributed by atoms with Crippen LogP contribution < -0.4 is 5.32 Å². The molecule has 1 N–H and O–H groups in total. The Labute approximate surface area is 128 Å². The van der Waals surface area contributed by atoms with Crippen LogP contribution in [0.4, 0.5) is 10.5 Å². The van der Waals surface area contributed by atoms with Gasteiger partial charge in [-0.15, -0.1) is 0 Å². The summed E-state index contributed by atoms with van der Waals surface area (Å²) in [4.78, 5) is 11.9. The first-order valence-corrected chi connectivity index (χ1v) is 7.41. The number of amides is 1. The molecule has 114 valence electrons. The van der Waals surface area contributed by atoms with E-state index < -0.39 is 11.7 Å². The minimum atomic E-state index is -0.512. The molecule has 3 heteroatoms. The average molecular weight is 287 g/mol. The third-order valence-corrected chi connectivity index (χ3v) is 2.69. The Balaban J connectivity index is 2.85. The van der Waals surface area contributed by atoms with Gasteiger partial charge >= 0.3 is 6.09 Å². The summed E-state index contributed by atoms with van der Waals surface area (Å²) in [6.07, 6.45) is 2.64. The lowest BCUT2D eigenvalue weighted by atomic mass is 10.1. The number of unbranched alkanes of at least 4 members (excludes halogenated alkanes) is 2. The fraction of sp³-hybridized carbons (Fsp3) is 0.500. The number of benzene rings is 1. The smallest absolute Gasteiger partial charge is 0.412 e. The molecular weight excluding hydrogens is 262 g/mol. The number of hydrogen-bond donors (Lipinski definition) is 1. The number of anilines is 1. The summed E-state index contributed by atoms with van der Waals surface area (Å²) in [5.74, 6) is 6.29. The van der Waals surface area contributed by atoms with Crippen LogP contribution >= 0.6 is 0 Å². The van der Waals surface area contributed by atoms with Gasteiger partial charge in [-0.1, -0.05) is 31.3 Å². The molecule has 0 saturated heterocycles. The minimum absolute atomic E-state index is 0.456. The van der Waals surface area contributed by atoms with Gasteiger partial charge in [0.1, 0.15) is 5.60 Å². The Bertz CT molecular complexity index is 545. The number of carbonyl (C=O) groups is 1. The van der Waals surface area contributed by atoms with Crippen molar-refractivity contribution in [3.8, 4) is 11.8 Å². The van der Waals surface area contributed by atoms with Crippen molar-refractivity contribution in [1.82, 2.24) is 0 Å². The zero-order valence-corrected chi connectivity index (χ0v) is 13.7. The minimum Gasteiger partial charge on any atom is -0.444 e. The van der Waals surface area contributed by atoms with Gasteiger partial charge in [-0.2, -0.15) is 0 Å². The molecule has 1 rings (SSSR count). The van der Waals surface area contributed by atoms with E-state index in [2.05, 4.69) is 24.1 Å². The third kappa shape index (κ3) is 6.85. The van der Waals surface area contributed by atoms with Gasteiger partial charge in [-0.05, 0) is 51.8 Å². The number of nitrogens with one attached hydrogen (secondary N) is 1. The molecule has 1 aromatic carbocycles. The van der Waals surface area contributed by atoms with Crippen LogP contribution in [0.25, 0.3) is 0 Å². The molecule has 0 aliphatic heterocycles. The Hall–Kier alpha value is -1.95. The number of carbonyl (C=O) groups excluding carboxylic acids is 1. The van der Waals surface area contributed by atoms with Crippen LogP contribution in [0.15, 0.2) is 18.2 Å². The summed E-state index contributed by atoms with van der Waals surface area (Å²) >= 11 is 0. The van der Waals surface area contributed by atoms with Gasteiger partial charge in [0.25, 0.3) is 0 Å². The van der Waals surface area contributed by atoms with Crippen LogP contribution in [0.5, 0.6) is 0 Å². The van der Waals surface area contributed by atoms with E-state index >= 15 is 0 Å². The van der Waals surface area contributed by atoms with Crippen molar-refractivity contribution in [2.75, 3.05) is 5.32 Å². The lowest BCUT2D eigenvalue weighted by molar-refractivity contribution is 0.0636. The standard InChI is InChI=1S/C18H25NO2/c1-6-7-8-9-10-15-13-14(2)11-12-16(15)19-17(20)21-18(3,4)5/h11-13H,6-8H2,1-5H3,(H,19,20). The van der Waals surface area contributed by atoms with Gasteiger partial charge in [0.15, 0.2) is 0 Å². The maximum absolute atomic E-state index is 11.9. The van der Waals surface area contributed by atoms with E-state index in [1.165, 1.54) is 0 Å². The van der Waals surface area contributed by atoms with Crippen molar-refractivity contribution in [2.24, 2.45) is 0 Å². The van der Waals surface area contributed by atoms with Crippen molar-refractivity contribution in [3.05, 3.63) is 29.3 Å². The quantitative estimate of drug-likeness (QED) is 0.635. The number of aryl methyl sites for hydroxylation is 1. The van der Waals surface area contributed by atoms with E-state index in [1.807, 2.05) is 45.9 Å². The molecule has 1 aromatic rings. The summed E-state index contributed by atoms with van der Waals surface area (Å²) < 4.78 is 5.27. The Kier molecular flexibility index (Phi) is 6.30. The van der Waals surface area contributed by atoms with E-state index in [0.717, 1.165) is 30.4 Å². The predicted molar refractivity (Wildman–Crippen MR) is 87.4 cm³/mol. The fourth-order valence-electron chi connectivity index (χ4n) is 1.71. The lowest BCUT2D eigenvalue weighted by Gasteiger charge is -2.20. The highest BCUT2D eigenvalue weighted by Crippen LogP contribution is 2.18. The summed E-state index contributed by atoms with van der Waals surface area (Å²) in [7, 11) is 0. The summed E-state index contributed by atoms with van der Waals surface area (Å²) in [6.45, 7) is 9.67. The Morgan fingerprint density at radius 2 is 2.05 bits per heavy atom. The van der Waals surface area contributed by atoms with Crippen LogP contribution in [0, 0.1) is 18.8 Å². The van der Waals surface area contributed by atoms with Crippen LogP contribution in [0.2, 0.25) is 0 Å². The SMILES string of the molecule is CCCCC#Cc1cc(C)ccc1NC(=O)OC(C)(C)C. The van der Waals surface area contributed by atoms with Gasteiger partial charge in [-0.25, -0.2) is 4.79 Å². The molecule has 0 heterocycles. The molecule has 0 fully saturated rings. The number of rotatable bonds is 3. The first-order chi connectivity index (χ1) is 9.81. The molecule has 0 bridgehead atoms. The summed E-state index contributed by atoms with van der Waals surface area (Å²) in [6, 6.07) is 5.79. The average Bonchev–Trinajstić information content (AvgIpc) is 2.35. The highest BCUT2D eigenvalue weighted by molar-refractivity contribution is 5.87. The molecule has 1 amide bonds. The van der Waals surface area contributed by atoms with Crippen LogP contribution in [0.3, 0.4) is 0 Å². The number of hydrogen-bond acceptors (Lipinski definition) is 2. The maximum Gasteiger partial charge on any atom is 0.412 e. The highest BCUT2D eigenvalue weighted by Gasteiger charge is 2.16. The highest BCUT2D eigenvalue weighted by atomic mass is 16.6. The molecule has 0 atom stereocenters. The molecule has 0 saturated carbocycles. The maximum atomic E-state index is 11.9. The van der Waals surface area contributed by atoms with Gasteiger partial charge in [-0.3, -0.25) is 5.32 Å². The zero-order chi connectivity index (χ0) is 15.9. The molecule has 0 radical (unpaired) electrons. The first kappa shape index (κ1) is 17.1. The molecule has 0 aliphatic carbocycles. The molecule has 0 spiro atoms. The van der Waals surface area contributed by atoms with Crippen molar-refractivity contribution in [1.29, 1.82) is 0 Å². The Morgan fingerprint density at radius 3 is 2.67 bits per heavy atom. The molecule has 3 nitrogen and oxygen atoms in total. The normalized spacial score (nSPS) is 10.5.